The summed E-state index contributed by atoms with van der Waals surface area (Å²) in [5.74, 6) is 1.02. The molecule has 1 N–H and O–H groups in total. The lowest BCUT2D eigenvalue weighted by atomic mass is 9.97. The second-order valence-electron chi connectivity index (χ2n) is 7.44. The van der Waals surface area contributed by atoms with E-state index in [0.29, 0.717) is 6.04 Å². The van der Waals surface area contributed by atoms with Gasteiger partial charge in [0.25, 0.3) is 0 Å². The highest BCUT2D eigenvalue weighted by Crippen LogP contribution is 2.35. The number of nitrogens with zero attached hydrogens (tertiary/aromatic N) is 2. The second kappa shape index (κ2) is 6.69. The van der Waals surface area contributed by atoms with Gasteiger partial charge in [-0.3, -0.25) is 4.90 Å². The molecular weight excluding hydrogens is 322 g/mol. The van der Waals surface area contributed by atoms with Gasteiger partial charge < -0.3 is 14.6 Å². The van der Waals surface area contributed by atoms with Crippen molar-refractivity contribution < 1.29 is 4.42 Å². The average molecular weight is 347 g/mol. The lowest BCUT2D eigenvalue weighted by Gasteiger charge is -2.38. The Balaban J connectivity index is 1.19. The third kappa shape index (κ3) is 2.95. The zero-order chi connectivity index (χ0) is 17.3. The summed E-state index contributed by atoms with van der Waals surface area (Å²) in [6.45, 7) is 5.48. The summed E-state index contributed by atoms with van der Waals surface area (Å²) < 4.78 is 5.75. The van der Waals surface area contributed by atoms with Crippen molar-refractivity contribution >= 4 is 11.4 Å². The van der Waals surface area contributed by atoms with Crippen LogP contribution in [0.5, 0.6) is 0 Å². The zero-order valence-corrected chi connectivity index (χ0v) is 15.0. The monoisotopic (exact) mass is 347 g/mol. The summed E-state index contributed by atoms with van der Waals surface area (Å²) in [5.41, 5.74) is 5.22. The average Bonchev–Trinajstić information content (AvgIpc) is 3.13. The van der Waals surface area contributed by atoms with Crippen LogP contribution in [0.2, 0.25) is 0 Å². The Bertz CT molecular complexity index is 850. The predicted molar refractivity (Wildman–Crippen MR) is 106 cm³/mol. The Morgan fingerprint density at radius 2 is 1.85 bits per heavy atom. The van der Waals surface area contributed by atoms with Crippen LogP contribution in [0.15, 0.2) is 59.2 Å². The van der Waals surface area contributed by atoms with E-state index in [4.69, 9.17) is 4.42 Å². The summed E-state index contributed by atoms with van der Waals surface area (Å²) in [4.78, 5) is 5.07. The molecule has 134 valence electrons. The number of anilines is 2. The van der Waals surface area contributed by atoms with E-state index < -0.39 is 0 Å². The molecule has 4 heteroatoms. The molecule has 26 heavy (non-hydrogen) atoms. The van der Waals surface area contributed by atoms with E-state index in [1.807, 2.05) is 6.07 Å². The van der Waals surface area contributed by atoms with Gasteiger partial charge in [-0.15, -0.1) is 0 Å². The van der Waals surface area contributed by atoms with Crippen LogP contribution >= 0.6 is 0 Å². The number of benzene rings is 1. The van der Waals surface area contributed by atoms with Crippen molar-refractivity contribution in [2.45, 2.75) is 18.9 Å². The minimum atomic E-state index is 0.561. The number of hydrogen-bond donors (Lipinski definition) is 1. The molecule has 0 bridgehead atoms. The van der Waals surface area contributed by atoms with Crippen LogP contribution in [0, 0.1) is 0 Å². The lowest BCUT2D eigenvalue weighted by molar-refractivity contribution is 0.243. The van der Waals surface area contributed by atoms with E-state index in [2.05, 4.69) is 57.6 Å². The second-order valence-corrected chi connectivity index (χ2v) is 7.44. The maximum absolute atomic E-state index is 5.75. The molecule has 0 radical (unpaired) electrons. The zero-order valence-electron chi connectivity index (χ0n) is 15.0. The van der Waals surface area contributed by atoms with Crippen molar-refractivity contribution in [2.24, 2.45) is 0 Å². The minimum absolute atomic E-state index is 0.561. The molecular formula is C22H25N3O. The fraction of sp³-hybridized carbons (Fsp3) is 0.364. The van der Waals surface area contributed by atoms with Gasteiger partial charge in [0, 0.05) is 50.0 Å². The molecule has 1 aromatic rings. The van der Waals surface area contributed by atoms with Crippen molar-refractivity contribution in [2.75, 3.05) is 42.9 Å². The van der Waals surface area contributed by atoms with Gasteiger partial charge in [0.2, 0.25) is 0 Å². The molecule has 1 fully saturated rings. The van der Waals surface area contributed by atoms with Crippen LogP contribution in [0.3, 0.4) is 0 Å². The van der Waals surface area contributed by atoms with Crippen LogP contribution in [-0.4, -0.2) is 43.7 Å². The lowest BCUT2D eigenvalue weighted by Crippen LogP contribution is -2.50. The van der Waals surface area contributed by atoms with E-state index in [9.17, 15) is 0 Å². The Kier molecular flexibility index (Phi) is 4.06. The fourth-order valence-corrected chi connectivity index (χ4v) is 4.35. The van der Waals surface area contributed by atoms with Crippen molar-refractivity contribution in [3.05, 3.63) is 60.4 Å². The quantitative estimate of drug-likeness (QED) is 0.778. The third-order valence-corrected chi connectivity index (χ3v) is 5.79. The van der Waals surface area contributed by atoms with Crippen LogP contribution in [-0.2, 0) is 6.42 Å². The third-order valence-electron chi connectivity index (χ3n) is 5.79. The number of rotatable bonds is 3. The van der Waals surface area contributed by atoms with Gasteiger partial charge in [-0.25, -0.2) is 0 Å². The summed E-state index contributed by atoms with van der Waals surface area (Å²) in [5, 5.41) is 3.74. The van der Waals surface area contributed by atoms with Gasteiger partial charge in [0.05, 0.1) is 12.0 Å². The summed E-state index contributed by atoms with van der Waals surface area (Å²) in [6.07, 6.45) is 4.19. The number of hydrogen-bond acceptors (Lipinski definition) is 4. The number of fused-ring (bicyclic) bond motifs is 2. The number of piperazine rings is 1. The Morgan fingerprint density at radius 1 is 0.962 bits per heavy atom. The van der Waals surface area contributed by atoms with E-state index in [0.717, 1.165) is 38.5 Å². The fourth-order valence-electron chi connectivity index (χ4n) is 4.35. The molecule has 1 atom stereocenters. The van der Waals surface area contributed by atoms with E-state index in [-0.39, 0.29) is 0 Å². The van der Waals surface area contributed by atoms with Crippen LogP contribution in [0.4, 0.5) is 11.4 Å². The van der Waals surface area contributed by atoms with Crippen molar-refractivity contribution in [3.8, 4) is 11.3 Å². The molecule has 0 spiro atoms. The first-order valence-electron chi connectivity index (χ1n) is 9.65. The first-order valence-corrected chi connectivity index (χ1v) is 9.65. The first-order chi connectivity index (χ1) is 12.9. The standard InChI is InChI=1S/C22H25N3O/c1-2-6-20-17(4-1)7-9-19(23-20)16-24-11-13-25(14-12-24)21-10-8-18-5-3-15-26-22(18)21/h1-6,8,10,15,19,23H,7,9,11-14,16H2. The molecule has 3 aliphatic heterocycles. The first kappa shape index (κ1) is 15.8. The van der Waals surface area contributed by atoms with Crippen molar-refractivity contribution in [1.82, 2.24) is 4.90 Å². The molecule has 1 aliphatic carbocycles. The van der Waals surface area contributed by atoms with Crippen LogP contribution in [0.1, 0.15) is 12.0 Å². The predicted octanol–water partition coefficient (Wildman–Crippen LogP) is 3.93. The highest BCUT2D eigenvalue weighted by molar-refractivity contribution is 5.77. The summed E-state index contributed by atoms with van der Waals surface area (Å²) in [7, 11) is 0. The SMILES string of the molecule is c1coc2c(N3CCN(CC4CCc5ccccc5N4)CC3)ccc-2c1. The molecule has 0 aromatic heterocycles. The van der Waals surface area contributed by atoms with E-state index in [1.54, 1.807) is 6.26 Å². The maximum atomic E-state index is 5.75. The molecule has 0 saturated carbocycles. The van der Waals surface area contributed by atoms with Gasteiger partial charge in [-0.1, -0.05) is 18.2 Å². The van der Waals surface area contributed by atoms with Gasteiger partial charge in [0.1, 0.15) is 0 Å². The van der Waals surface area contributed by atoms with Crippen molar-refractivity contribution in [1.29, 1.82) is 0 Å². The summed E-state index contributed by atoms with van der Waals surface area (Å²) in [6, 6.07) is 17.7. The minimum Gasteiger partial charge on any atom is -0.462 e. The molecule has 1 saturated heterocycles. The number of aryl methyl sites for hydroxylation is 1. The molecule has 3 heterocycles. The van der Waals surface area contributed by atoms with Crippen molar-refractivity contribution in [3.63, 3.8) is 0 Å². The molecule has 4 nitrogen and oxygen atoms in total. The highest BCUT2D eigenvalue weighted by atomic mass is 16.3. The summed E-state index contributed by atoms with van der Waals surface area (Å²) >= 11 is 0. The Morgan fingerprint density at radius 3 is 2.77 bits per heavy atom. The normalized spacial score (nSPS) is 20.8. The number of para-hydroxylation sites is 1. The smallest absolute Gasteiger partial charge is 0.157 e. The molecule has 1 aromatic carbocycles. The largest absolute Gasteiger partial charge is 0.462 e. The van der Waals surface area contributed by atoms with Gasteiger partial charge >= 0.3 is 0 Å². The highest BCUT2D eigenvalue weighted by Gasteiger charge is 2.25. The number of nitrogens with one attached hydrogen (secondary N) is 1. The van der Waals surface area contributed by atoms with Gasteiger partial charge in [-0.05, 0) is 48.7 Å². The van der Waals surface area contributed by atoms with Crippen LogP contribution in [0.25, 0.3) is 11.3 Å². The topological polar surface area (TPSA) is 31.7 Å². The van der Waals surface area contributed by atoms with Gasteiger partial charge in [0.15, 0.2) is 5.76 Å². The molecule has 1 unspecified atom stereocenters. The van der Waals surface area contributed by atoms with Crippen LogP contribution < -0.4 is 10.2 Å². The van der Waals surface area contributed by atoms with E-state index in [1.165, 1.54) is 35.3 Å². The Hall–Kier alpha value is -2.46. The Labute approximate surface area is 154 Å². The van der Waals surface area contributed by atoms with Gasteiger partial charge in [-0.2, -0.15) is 0 Å². The molecule has 0 amide bonds. The molecule has 5 rings (SSSR count). The van der Waals surface area contributed by atoms with E-state index >= 15 is 0 Å². The molecule has 4 aliphatic rings. The maximum Gasteiger partial charge on any atom is 0.157 e.